The first-order chi connectivity index (χ1) is 8.41. The molecule has 1 aliphatic rings. The standard InChI is InChI=1S/C14H28N2O2/c1-11-6-5-7-12(2)14(11)16(10-13(17)18)9-8-15(3)4/h11-12,14H,5-10H2,1-4H3,(H,17,18). The minimum atomic E-state index is -0.710. The Morgan fingerprint density at radius 2 is 1.72 bits per heavy atom. The third kappa shape index (κ3) is 4.58. The lowest BCUT2D eigenvalue weighted by molar-refractivity contribution is -0.139. The molecule has 0 aromatic heterocycles. The molecule has 0 aromatic rings. The van der Waals surface area contributed by atoms with Gasteiger partial charge in [0.15, 0.2) is 0 Å². The summed E-state index contributed by atoms with van der Waals surface area (Å²) in [4.78, 5) is 15.4. The maximum atomic E-state index is 11.1. The van der Waals surface area contributed by atoms with E-state index in [-0.39, 0.29) is 6.54 Å². The first-order valence-corrected chi connectivity index (χ1v) is 7.02. The molecule has 0 saturated heterocycles. The van der Waals surface area contributed by atoms with Crippen molar-refractivity contribution in [1.29, 1.82) is 0 Å². The van der Waals surface area contributed by atoms with Gasteiger partial charge >= 0.3 is 5.97 Å². The molecule has 0 aromatic carbocycles. The SMILES string of the molecule is CC1CCCC(C)C1N(CCN(C)C)CC(=O)O. The summed E-state index contributed by atoms with van der Waals surface area (Å²) in [7, 11) is 4.07. The van der Waals surface area contributed by atoms with Gasteiger partial charge in [-0.25, -0.2) is 0 Å². The number of nitrogens with zero attached hydrogens (tertiary/aromatic N) is 2. The smallest absolute Gasteiger partial charge is 0.317 e. The highest BCUT2D eigenvalue weighted by Crippen LogP contribution is 2.32. The minimum Gasteiger partial charge on any atom is -0.480 e. The molecule has 1 aliphatic carbocycles. The first-order valence-electron chi connectivity index (χ1n) is 7.02. The van der Waals surface area contributed by atoms with Crippen LogP contribution in [0.5, 0.6) is 0 Å². The molecule has 2 atom stereocenters. The van der Waals surface area contributed by atoms with Crippen molar-refractivity contribution in [3.63, 3.8) is 0 Å². The molecule has 0 radical (unpaired) electrons. The molecule has 2 unspecified atom stereocenters. The molecule has 1 saturated carbocycles. The van der Waals surface area contributed by atoms with E-state index in [1.807, 2.05) is 14.1 Å². The molecule has 4 heteroatoms. The maximum absolute atomic E-state index is 11.1. The molecule has 4 nitrogen and oxygen atoms in total. The van der Waals surface area contributed by atoms with Crippen LogP contribution in [0.3, 0.4) is 0 Å². The summed E-state index contributed by atoms with van der Waals surface area (Å²) in [5, 5.41) is 9.10. The van der Waals surface area contributed by atoms with Gasteiger partial charge in [0.1, 0.15) is 0 Å². The van der Waals surface area contributed by atoms with Gasteiger partial charge in [-0.05, 0) is 38.8 Å². The summed E-state index contributed by atoms with van der Waals surface area (Å²) in [6.45, 7) is 6.48. The van der Waals surface area contributed by atoms with Gasteiger partial charge in [0.2, 0.25) is 0 Å². The summed E-state index contributed by atoms with van der Waals surface area (Å²) in [5.74, 6) is 0.504. The molecule has 106 valence electrons. The second kappa shape index (κ2) is 7.10. The monoisotopic (exact) mass is 256 g/mol. The average molecular weight is 256 g/mol. The molecule has 0 spiro atoms. The van der Waals surface area contributed by atoms with Crippen LogP contribution >= 0.6 is 0 Å². The van der Waals surface area contributed by atoms with Gasteiger partial charge in [-0.15, -0.1) is 0 Å². The van der Waals surface area contributed by atoms with Gasteiger partial charge in [0.25, 0.3) is 0 Å². The van der Waals surface area contributed by atoms with Crippen LogP contribution in [0.2, 0.25) is 0 Å². The van der Waals surface area contributed by atoms with Gasteiger partial charge in [-0.2, -0.15) is 0 Å². The van der Waals surface area contributed by atoms with Crippen LogP contribution < -0.4 is 0 Å². The van der Waals surface area contributed by atoms with E-state index in [9.17, 15) is 4.79 Å². The molecular weight excluding hydrogens is 228 g/mol. The van der Waals surface area contributed by atoms with Crippen LogP contribution in [-0.2, 0) is 4.79 Å². The molecule has 1 N–H and O–H groups in total. The molecule has 0 amide bonds. The van der Waals surface area contributed by atoms with Gasteiger partial charge in [-0.1, -0.05) is 20.3 Å². The second-order valence-corrected chi connectivity index (χ2v) is 6.04. The Morgan fingerprint density at radius 3 is 2.17 bits per heavy atom. The van der Waals surface area contributed by atoms with E-state index in [1.54, 1.807) is 0 Å². The van der Waals surface area contributed by atoms with Crippen molar-refractivity contribution in [1.82, 2.24) is 9.80 Å². The second-order valence-electron chi connectivity index (χ2n) is 6.04. The molecule has 0 aliphatic heterocycles. The third-order valence-electron chi connectivity index (χ3n) is 4.08. The summed E-state index contributed by atoms with van der Waals surface area (Å²) >= 11 is 0. The van der Waals surface area contributed by atoms with Crippen LogP contribution in [0.25, 0.3) is 0 Å². The van der Waals surface area contributed by atoms with Crippen LogP contribution in [0, 0.1) is 11.8 Å². The molecule has 1 rings (SSSR count). The lowest BCUT2D eigenvalue weighted by Crippen LogP contribution is -2.50. The number of hydrogen-bond donors (Lipinski definition) is 1. The zero-order chi connectivity index (χ0) is 13.7. The fourth-order valence-corrected chi connectivity index (χ4v) is 3.22. The zero-order valence-electron chi connectivity index (χ0n) is 12.2. The number of carbonyl (C=O) groups is 1. The van der Waals surface area contributed by atoms with E-state index in [0.29, 0.717) is 17.9 Å². The summed E-state index contributed by atoms with van der Waals surface area (Å²) in [6.07, 6.45) is 3.74. The molecule has 0 heterocycles. The highest BCUT2D eigenvalue weighted by atomic mass is 16.4. The van der Waals surface area contributed by atoms with E-state index >= 15 is 0 Å². The summed E-state index contributed by atoms with van der Waals surface area (Å²) < 4.78 is 0. The quantitative estimate of drug-likeness (QED) is 0.786. The Bertz CT molecular complexity index is 259. The maximum Gasteiger partial charge on any atom is 0.317 e. The Morgan fingerprint density at radius 1 is 1.17 bits per heavy atom. The Hall–Kier alpha value is -0.610. The van der Waals surface area contributed by atoms with Gasteiger partial charge in [0.05, 0.1) is 6.54 Å². The Labute approximate surface area is 111 Å². The summed E-state index contributed by atoms with van der Waals surface area (Å²) in [6, 6.07) is 0.426. The highest BCUT2D eigenvalue weighted by Gasteiger charge is 2.33. The van der Waals surface area contributed by atoms with Crippen LogP contribution in [0.1, 0.15) is 33.1 Å². The molecule has 0 bridgehead atoms. The number of aliphatic carboxylic acids is 1. The van der Waals surface area contributed by atoms with Gasteiger partial charge < -0.3 is 10.0 Å². The average Bonchev–Trinajstić information content (AvgIpc) is 2.24. The van der Waals surface area contributed by atoms with Crippen molar-refractivity contribution in [3.05, 3.63) is 0 Å². The van der Waals surface area contributed by atoms with E-state index in [2.05, 4.69) is 23.6 Å². The topological polar surface area (TPSA) is 43.8 Å². The van der Waals surface area contributed by atoms with Gasteiger partial charge in [-0.3, -0.25) is 9.69 Å². The number of carboxylic acid groups (broad SMARTS) is 1. The molecular formula is C14H28N2O2. The molecule has 1 fully saturated rings. The van der Waals surface area contributed by atoms with E-state index in [4.69, 9.17) is 5.11 Å². The Balaban J connectivity index is 2.69. The van der Waals surface area contributed by atoms with E-state index < -0.39 is 5.97 Å². The largest absolute Gasteiger partial charge is 0.480 e. The van der Waals surface area contributed by atoms with Crippen molar-refractivity contribution in [2.45, 2.75) is 39.2 Å². The van der Waals surface area contributed by atoms with Crippen molar-refractivity contribution < 1.29 is 9.90 Å². The van der Waals surface area contributed by atoms with Crippen molar-refractivity contribution >= 4 is 5.97 Å². The first kappa shape index (κ1) is 15.4. The lowest BCUT2D eigenvalue weighted by atomic mass is 9.78. The number of rotatable bonds is 6. The highest BCUT2D eigenvalue weighted by molar-refractivity contribution is 5.69. The van der Waals surface area contributed by atoms with Crippen molar-refractivity contribution in [2.24, 2.45) is 11.8 Å². The van der Waals surface area contributed by atoms with Crippen LogP contribution in [-0.4, -0.2) is 60.6 Å². The fourth-order valence-electron chi connectivity index (χ4n) is 3.22. The van der Waals surface area contributed by atoms with E-state index in [0.717, 1.165) is 13.1 Å². The number of carboxylic acids is 1. The number of hydrogen-bond acceptors (Lipinski definition) is 3. The predicted octanol–water partition coefficient (Wildman–Crippen LogP) is 1.76. The van der Waals surface area contributed by atoms with E-state index in [1.165, 1.54) is 19.3 Å². The Kier molecular flexibility index (Phi) is 6.09. The van der Waals surface area contributed by atoms with Crippen LogP contribution in [0.4, 0.5) is 0 Å². The minimum absolute atomic E-state index is 0.174. The molecule has 18 heavy (non-hydrogen) atoms. The van der Waals surface area contributed by atoms with Gasteiger partial charge in [0, 0.05) is 19.1 Å². The van der Waals surface area contributed by atoms with Crippen molar-refractivity contribution in [3.8, 4) is 0 Å². The van der Waals surface area contributed by atoms with Crippen LogP contribution in [0.15, 0.2) is 0 Å². The number of likely N-dealkylation sites (N-methyl/N-ethyl adjacent to an activating group) is 1. The lowest BCUT2D eigenvalue weighted by Gasteiger charge is -2.42. The fraction of sp³-hybridized carbons (Fsp3) is 0.929. The predicted molar refractivity (Wildman–Crippen MR) is 73.7 cm³/mol. The third-order valence-corrected chi connectivity index (χ3v) is 4.08. The summed E-state index contributed by atoms with van der Waals surface area (Å²) in [5.41, 5.74) is 0. The van der Waals surface area contributed by atoms with Crippen molar-refractivity contribution in [2.75, 3.05) is 33.7 Å². The normalized spacial score (nSPS) is 28.9. The zero-order valence-corrected chi connectivity index (χ0v) is 12.2.